The lowest BCUT2D eigenvalue weighted by atomic mass is 10.2. The highest BCUT2D eigenvalue weighted by molar-refractivity contribution is 5.70. The maximum Gasteiger partial charge on any atom is 0.307 e. The Balaban J connectivity index is 2.73. The number of carbonyl (C=O) groups excluding carboxylic acids is 1. The Morgan fingerprint density at radius 2 is 1.72 bits per heavy atom. The molecule has 1 unspecified atom stereocenters. The van der Waals surface area contributed by atoms with Crippen LogP contribution in [0.3, 0.4) is 0 Å². The Kier molecular flexibility index (Phi) is 5.30. The van der Waals surface area contributed by atoms with Crippen molar-refractivity contribution in [1.29, 1.82) is 0 Å². The molecule has 5 nitrogen and oxygen atoms in total. The standard InChI is InChI=1S/C13H19NO4/c1-9(5-13(15)18-4)14-10-6-11(16-2)8-12(7-10)17-3/h6-9,14H,5H2,1-4H3. The Morgan fingerprint density at radius 3 is 2.17 bits per heavy atom. The number of rotatable bonds is 6. The average molecular weight is 253 g/mol. The summed E-state index contributed by atoms with van der Waals surface area (Å²) in [6.45, 7) is 1.91. The van der Waals surface area contributed by atoms with Crippen LogP contribution >= 0.6 is 0 Å². The van der Waals surface area contributed by atoms with Crippen LogP contribution in [-0.4, -0.2) is 33.3 Å². The minimum Gasteiger partial charge on any atom is -0.497 e. The van der Waals surface area contributed by atoms with Gasteiger partial charge in [0, 0.05) is 29.9 Å². The van der Waals surface area contributed by atoms with Gasteiger partial charge in [-0.2, -0.15) is 0 Å². The highest BCUT2D eigenvalue weighted by atomic mass is 16.5. The van der Waals surface area contributed by atoms with Crippen LogP contribution in [-0.2, 0) is 9.53 Å². The molecular formula is C13H19NO4. The molecule has 0 spiro atoms. The number of esters is 1. The van der Waals surface area contributed by atoms with E-state index in [2.05, 4.69) is 10.1 Å². The molecule has 0 aromatic heterocycles. The van der Waals surface area contributed by atoms with Gasteiger partial charge in [-0.25, -0.2) is 0 Å². The Hall–Kier alpha value is -1.91. The van der Waals surface area contributed by atoms with Gasteiger partial charge in [-0.3, -0.25) is 4.79 Å². The van der Waals surface area contributed by atoms with Crippen molar-refractivity contribution in [3.8, 4) is 11.5 Å². The van der Waals surface area contributed by atoms with E-state index in [1.807, 2.05) is 19.1 Å². The highest BCUT2D eigenvalue weighted by Crippen LogP contribution is 2.26. The number of carbonyl (C=O) groups is 1. The number of methoxy groups -OCH3 is 3. The molecule has 0 aliphatic carbocycles. The van der Waals surface area contributed by atoms with Crippen molar-refractivity contribution in [2.75, 3.05) is 26.6 Å². The van der Waals surface area contributed by atoms with Gasteiger partial charge in [-0.15, -0.1) is 0 Å². The average Bonchev–Trinajstić information content (AvgIpc) is 2.37. The van der Waals surface area contributed by atoms with E-state index in [1.54, 1.807) is 20.3 Å². The van der Waals surface area contributed by atoms with Crippen LogP contribution in [0.1, 0.15) is 13.3 Å². The van der Waals surface area contributed by atoms with Crippen molar-refractivity contribution in [1.82, 2.24) is 0 Å². The number of nitrogens with one attached hydrogen (secondary N) is 1. The smallest absolute Gasteiger partial charge is 0.307 e. The minimum atomic E-state index is -0.245. The molecular weight excluding hydrogens is 234 g/mol. The van der Waals surface area contributed by atoms with E-state index in [4.69, 9.17) is 9.47 Å². The van der Waals surface area contributed by atoms with Gasteiger partial charge >= 0.3 is 5.97 Å². The van der Waals surface area contributed by atoms with Crippen LogP contribution in [0, 0.1) is 0 Å². The zero-order valence-corrected chi connectivity index (χ0v) is 11.1. The highest BCUT2D eigenvalue weighted by Gasteiger charge is 2.10. The second-order valence-electron chi connectivity index (χ2n) is 3.93. The van der Waals surface area contributed by atoms with Gasteiger partial charge in [-0.05, 0) is 6.92 Å². The van der Waals surface area contributed by atoms with Crippen LogP contribution in [0.2, 0.25) is 0 Å². The molecule has 0 saturated carbocycles. The third-order valence-corrected chi connectivity index (χ3v) is 2.47. The maximum atomic E-state index is 11.1. The van der Waals surface area contributed by atoms with Crippen molar-refractivity contribution < 1.29 is 19.0 Å². The molecule has 1 N–H and O–H groups in total. The number of anilines is 1. The second kappa shape index (κ2) is 6.74. The summed E-state index contributed by atoms with van der Waals surface area (Å²) in [6.07, 6.45) is 0.302. The number of benzene rings is 1. The van der Waals surface area contributed by atoms with E-state index in [1.165, 1.54) is 7.11 Å². The molecule has 0 aliphatic rings. The molecule has 0 heterocycles. The van der Waals surface area contributed by atoms with E-state index in [0.717, 1.165) is 5.69 Å². The lowest BCUT2D eigenvalue weighted by Crippen LogP contribution is -2.20. The molecule has 0 radical (unpaired) electrons. The molecule has 0 bridgehead atoms. The fraction of sp³-hybridized carbons (Fsp3) is 0.462. The minimum absolute atomic E-state index is 0.0331. The maximum absolute atomic E-state index is 11.1. The van der Waals surface area contributed by atoms with Crippen LogP contribution in [0.5, 0.6) is 11.5 Å². The first-order valence-electron chi connectivity index (χ1n) is 5.65. The van der Waals surface area contributed by atoms with Gasteiger partial charge in [0.2, 0.25) is 0 Å². The third kappa shape index (κ3) is 4.16. The lowest BCUT2D eigenvalue weighted by Gasteiger charge is -2.15. The normalized spacial score (nSPS) is 11.6. The zero-order chi connectivity index (χ0) is 13.5. The van der Waals surface area contributed by atoms with Gasteiger partial charge in [-0.1, -0.05) is 0 Å². The molecule has 5 heteroatoms. The van der Waals surface area contributed by atoms with Crippen molar-refractivity contribution in [2.45, 2.75) is 19.4 Å². The molecule has 0 amide bonds. The van der Waals surface area contributed by atoms with Gasteiger partial charge in [0.25, 0.3) is 0 Å². The van der Waals surface area contributed by atoms with E-state index in [-0.39, 0.29) is 12.0 Å². The third-order valence-electron chi connectivity index (χ3n) is 2.47. The van der Waals surface area contributed by atoms with E-state index in [9.17, 15) is 4.79 Å². The molecule has 1 atom stereocenters. The van der Waals surface area contributed by atoms with Crippen molar-refractivity contribution in [2.24, 2.45) is 0 Å². The molecule has 18 heavy (non-hydrogen) atoms. The Morgan fingerprint density at radius 1 is 1.17 bits per heavy atom. The van der Waals surface area contributed by atoms with Crippen molar-refractivity contribution >= 4 is 11.7 Å². The summed E-state index contributed by atoms with van der Waals surface area (Å²) >= 11 is 0. The molecule has 1 rings (SSSR count). The summed E-state index contributed by atoms with van der Waals surface area (Å²) in [4.78, 5) is 11.1. The van der Waals surface area contributed by atoms with E-state index < -0.39 is 0 Å². The zero-order valence-electron chi connectivity index (χ0n) is 11.1. The van der Waals surface area contributed by atoms with E-state index in [0.29, 0.717) is 17.9 Å². The predicted molar refractivity (Wildman–Crippen MR) is 69.3 cm³/mol. The fourth-order valence-corrected chi connectivity index (χ4v) is 1.56. The summed E-state index contributed by atoms with van der Waals surface area (Å²) in [5, 5.41) is 3.20. The van der Waals surface area contributed by atoms with Crippen LogP contribution in [0.25, 0.3) is 0 Å². The summed E-state index contributed by atoms with van der Waals surface area (Å²) < 4.78 is 15.0. The van der Waals surface area contributed by atoms with Crippen LogP contribution in [0.4, 0.5) is 5.69 Å². The largest absolute Gasteiger partial charge is 0.497 e. The Labute approximate surface area is 107 Å². The number of hydrogen-bond donors (Lipinski definition) is 1. The van der Waals surface area contributed by atoms with Gasteiger partial charge in [0.15, 0.2) is 0 Å². The molecule has 0 aliphatic heterocycles. The SMILES string of the molecule is COC(=O)CC(C)Nc1cc(OC)cc(OC)c1. The first kappa shape index (κ1) is 14.2. The summed E-state index contributed by atoms with van der Waals surface area (Å²) in [5.41, 5.74) is 0.836. The monoisotopic (exact) mass is 253 g/mol. The lowest BCUT2D eigenvalue weighted by molar-refractivity contribution is -0.140. The van der Waals surface area contributed by atoms with Crippen LogP contribution in [0.15, 0.2) is 18.2 Å². The Bertz CT molecular complexity index is 384. The van der Waals surface area contributed by atoms with Crippen molar-refractivity contribution in [3.63, 3.8) is 0 Å². The summed E-state index contributed by atoms with van der Waals surface area (Å²) in [5.74, 6) is 1.15. The van der Waals surface area contributed by atoms with Crippen molar-refractivity contribution in [3.05, 3.63) is 18.2 Å². The van der Waals surface area contributed by atoms with Gasteiger partial charge in [0.05, 0.1) is 27.8 Å². The quantitative estimate of drug-likeness (QED) is 0.786. The molecule has 1 aromatic rings. The molecule has 0 saturated heterocycles. The number of ether oxygens (including phenoxy) is 3. The predicted octanol–water partition coefficient (Wildman–Crippen LogP) is 2.07. The molecule has 100 valence electrons. The van der Waals surface area contributed by atoms with E-state index >= 15 is 0 Å². The van der Waals surface area contributed by atoms with Gasteiger partial charge < -0.3 is 19.5 Å². The number of hydrogen-bond acceptors (Lipinski definition) is 5. The van der Waals surface area contributed by atoms with Crippen LogP contribution < -0.4 is 14.8 Å². The first-order chi connectivity index (χ1) is 8.58. The first-order valence-corrected chi connectivity index (χ1v) is 5.65. The van der Waals surface area contributed by atoms with Gasteiger partial charge in [0.1, 0.15) is 11.5 Å². The summed E-state index contributed by atoms with van der Waals surface area (Å²) in [6, 6.07) is 5.44. The summed E-state index contributed by atoms with van der Waals surface area (Å²) in [7, 11) is 4.57. The topological polar surface area (TPSA) is 56.8 Å². The fourth-order valence-electron chi connectivity index (χ4n) is 1.56. The molecule has 0 fully saturated rings. The molecule has 1 aromatic carbocycles. The second-order valence-corrected chi connectivity index (χ2v) is 3.93.